The van der Waals surface area contributed by atoms with Crippen LogP contribution in [0, 0.1) is 6.92 Å². The molecule has 3 aromatic rings. The number of aliphatic hydroxyl groups excluding tert-OH is 1. The summed E-state index contributed by atoms with van der Waals surface area (Å²) in [5, 5.41) is 10.6. The Bertz CT molecular complexity index is 1080. The van der Waals surface area contributed by atoms with Crippen molar-refractivity contribution in [1.29, 1.82) is 0 Å². The van der Waals surface area contributed by atoms with Crippen molar-refractivity contribution in [3.63, 3.8) is 0 Å². The smallest absolute Gasteiger partial charge is 0.341 e. The summed E-state index contributed by atoms with van der Waals surface area (Å²) in [6.07, 6.45) is 2.05. The molecule has 1 unspecified atom stereocenters. The van der Waals surface area contributed by atoms with E-state index in [4.69, 9.17) is 9.47 Å². The summed E-state index contributed by atoms with van der Waals surface area (Å²) in [5.74, 6) is 0.410. The van der Waals surface area contributed by atoms with Gasteiger partial charge in [-0.3, -0.25) is 0 Å². The summed E-state index contributed by atoms with van der Waals surface area (Å²) in [6.45, 7) is 6.61. The molecule has 2 heterocycles. The number of aromatic nitrogens is 1. The number of piperidine rings is 1. The lowest BCUT2D eigenvalue weighted by atomic mass is 10.0. The van der Waals surface area contributed by atoms with Crippen molar-refractivity contribution in [2.45, 2.75) is 45.3 Å². The normalized spacial score (nSPS) is 16.2. The number of nitrogens with zero attached hydrogens (tertiary/aromatic N) is 1. The molecule has 2 N–H and O–H groups in total. The Labute approximate surface area is 189 Å². The lowest BCUT2D eigenvalue weighted by molar-refractivity contribution is 0.0339. The van der Waals surface area contributed by atoms with Crippen LogP contribution < -0.4 is 4.74 Å². The predicted octanol–water partition coefficient (Wildman–Crippen LogP) is 4.40. The highest BCUT2D eigenvalue weighted by molar-refractivity contribution is 6.05. The number of rotatable bonds is 7. The van der Waals surface area contributed by atoms with Crippen molar-refractivity contribution in [1.82, 2.24) is 9.88 Å². The van der Waals surface area contributed by atoms with Crippen LogP contribution in [0.2, 0.25) is 0 Å². The zero-order valence-electron chi connectivity index (χ0n) is 19.1. The van der Waals surface area contributed by atoms with E-state index in [-0.39, 0.29) is 18.2 Å². The number of ether oxygens (including phenoxy) is 2. The molecule has 0 bridgehead atoms. The number of hydrogen-bond donors (Lipinski definition) is 2. The quantitative estimate of drug-likeness (QED) is 0.537. The number of benzene rings is 2. The summed E-state index contributed by atoms with van der Waals surface area (Å²) in [4.78, 5) is 18.8. The van der Waals surface area contributed by atoms with E-state index in [0.29, 0.717) is 5.56 Å². The molecular formula is C26H32N2O4. The summed E-state index contributed by atoms with van der Waals surface area (Å²) < 4.78 is 11.1. The molecule has 0 aliphatic carbocycles. The first-order chi connectivity index (χ1) is 15.4. The van der Waals surface area contributed by atoms with Gasteiger partial charge in [0.15, 0.2) is 0 Å². The zero-order chi connectivity index (χ0) is 22.7. The number of aliphatic hydroxyl groups is 1. The summed E-state index contributed by atoms with van der Waals surface area (Å²) >= 11 is 0. The minimum Gasteiger partial charge on any atom is -0.497 e. The minimum absolute atomic E-state index is 0.154. The second-order valence-electron chi connectivity index (χ2n) is 8.65. The van der Waals surface area contributed by atoms with Gasteiger partial charge in [0.25, 0.3) is 0 Å². The van der Waals surface area contributed by atoms with Crippen molar-refractivity contribution in [2.24, 2.45) is 0 Å². The molecule has 2 aromatic carbocycles. The van der Waals surface area contributed by atoms with Gasteiger partial charge >= 0.3 is 5.97 Å². The van der Waals surface area contributed by atoms with Crippen molar-refractivity contribution < 1.29 is 19.4 Å². The van der Waals surface area contributed by atoms with Gasteiger partial charge in [-0.05, 0) is 68.5 Å². The van der Waals surface area contributed by atoms with Crippen molar-refractivity contribution in [2.75, 3.05) is 26.7 Å². The van der Waals surface area contributed by atoms with Gasteiger partial charge in [0.2, 0.25) is 0 Å². The molecule has 1 fully saturated rings. The van der Waals surface area contributed by atoms with Gasteiger partial charge in [-0.25, -0.2) is 4.79 Å². The van der Waals surface area contributed by atoms with Crippen molar-refractivity contribution in [3.05, 3.63) is 64.8 Å². The summed E-state index contributed by atoms with van der Waals surface area (Å²) in [7, 11) is 1.62. The Morgan fingerprint density at radius 3 is 2.75 bits per heavy atom. The monoisotopic (exact) mass is 436 g/mol. The Hall–Kier alpha value is -2.83. The van der Waals surface area contributed by atoms with Crippen molar-refractivity contribution >= 4 is 16.9 Å². The molecule has 1 aliphatic rings. The molecule has 0 radical (unpaired) electrons. The fourth-order valence-electron chi connectivity index (χ4n) is 4.40. The largest absolute Gasteiger partial charge is 0.497 e. The predicted molar refractivity (Wildman–Crippen MR) is 125 cm³/mol. The van der Waals surface area contributed by atoms with Gasteiger partial charge < -0.3 is 24.5 Å². The van der Waals surface area contributed by atoms with Crippen LogP contribution in [0.4, 0.5) is 0 Å². The first kappa shape index (κ1) is 22.4. The van der Waals surface area contributed by atoms with E-state index in [1.165, 1.54) is 5.56 Å². The Kier molecular flexibility index (Phi) is 6.82. The van der Waals surface area contributed by atoms with Gasteiger partial charge in [-0.15, -0.1) is 0 Å². The third-order valence-electron chi connectivity index (χ3n) is 6.38. The molecule has 1 aliphatic heterocycles. The van der Waals surface area contributed by atoms with Crippen molar-refractivity contribution in [3.8, 4) is 5.75 Å². The highest BCUT2D eigenvalue weighted by Crippen LogP contribution is 2.28. The third kappa shape index (κ3) is 4.97. The van der Waals surface area contributed by atoms with Crippen LogP contribution in [0.15, 0.2) is 42.5 Å². The van der Waals surface area contributed by atoms with E-state index in [2.05, 4.69) is 22.0 Å². The fraction of sp³-hybridized carbons (Fsp3) is 0.423. The van der Waals surface area contributed by atoms with Gasteiger partial charge in [0, 0.05) is 36.2 Å². The number of aromatic amines is 1. The standard InChI is InChI=1S/C26H32N2O4/c1-17-25(26(30)32-18(2)20-5-4-6-22(16-20)31-3)23-15-19(7-8-24(23)27-17)9-12-28-13-10-21(29)11-14-28/h4-8,15-16,18,21,27,29H,9-14H2,1-3H3. The number of aryl methyl sites for hydroxylation is 1. The van der Waals surface area contributed by atoms with Crippen LogP contribution in [0.3, 0.4) is 0 Å². The van der Waals surface area contributed by atoms with Gasteiger partial charge in [-0.2, -0.15) is 0 Å². The number of nitrogens with one attached hydrogen (secondary N) is 1. The molecule has 6 nitrogen and oxygen atoms in total. The second kappa shape index (κ2) is 9.76. The molecular weight excluding hydrogens is 404 g/mol. The van der Waals surface area contributed by atoms with Gasteiger partial charge in [-0.1, -0.05) is 18.2 Å². The second-order valence-corrected chi connectivity index (χ2v) is 8.65. The van der Waals surface area contributed by atoms with Crippen LogP contribution in [0.25, 0.3) is 10.9 Å². The zero-order valence-corrected chi connectivity index (χ0v) is 19.1. The maximum Gasteiger partial charge on any atom is 0.341 e. The number of methoxy groups -OCH3 is 1. The molecule has 0 amide bonds. The average Bonchev–Trinajstić information content (AvgIpc) is 3.13. The van der Waals surface area contributed by atoms with Crippen LogP contribution in [0.1, 0.15) is 53.0 Å². The summed E-state index contributed by atoms with van der Waals surface area (Å²) in [5.41, 5.74) is 4.43. The van der Waals surface area contributed by atoms with E-state index >= 15 is 0 Å². The van der Waals surface area contributed by atoms with Crippen LogP contribution in [0.5, 0.6) is 5.75 Å². The topological polar surface area (TPSA) is 74.8 Å². The SMILES string of the molecule is COc1cccc(C(C)OC(=O)c2c(C)[nH]c3ccc(CCN4CCC(O)CC4)cc23)c1. The molecule has 4 rings (SSSR count). The minimum atomic E-state index is -0.389. The first-order valence-electron chi connectivity index (χ1n) is 11.3. The number of carbonyl (C=O) groups is 1. The number of likely N-dealkylation sites (tertiary alicyclic amines) is 1. The number of carbonyl (C=O) groups excluding carboxylic acids is 1. The van der Waals surface area contributed by atoms with Crippen LogP contribution >= 0.6 is 0 Å². The number of esters is 1. The molecule has 1 saturated heterocycles. The third-order valence-corrected chi connectivity index (χ3v) is 6.38. The number of hydrogen-bond acceptors (Lipinski definition) is 5. The van der Waals surface area contributed by atoms with Gasteiger partial charge in [0.05, 0.1) is 18.8 Å². The summed E-state index contributed by atoms with van der Waals surface area (Å²) in [6, 6.07) is 13.8. The maximum atomic E-state index is 13.1. The van der Waals surface area contributed by atoms with Crippen LogP contribution in [-0.2, 0) is 11.2 Å². The molecule has 0 spiro atoms. The highest BCUT2D eigenvalue weighted by Gasteiger charge is 2.21. The fourth-order valence-corrected chi connectivity index (χ4v) is 4.40. The Morgan fingerprint density at radius 2 is 2.00 bits per heavy atom. The maximum absolute atomic E-state index is 13.1. The molecule has 32 heavy (non-hydrogen) atoms. The lowest BCUT2D eigenvalue weighted by Crippen LogP contribution is -2.37. The Morgan fingerprint density at radius 1 is 1.22 bits per heavy atom. The average molecular weight is 437 g/mol. The number of fused-ring (bicyclic) bond motifs is 1. The Balaban J connectivity index is 1.49. The molecule has 1 atom stereocenters. The molecule has 1 aromatic heterocycles. The van der Waals surface area contributed by atoms with E-state index in [9.17, 15) is 9.90 Å². The van der Waals surface area contributed by atoms with Gasteiger partial charge in [0.1, 0.15) is 11.9 Å². The highest BCUT2D eigenvalue weighted by atomic mass is 16.5. The van der Waals surface area contributed by atoms with E-state index in [1.54, 1.807) is 7.11 Å². The van der Waals surface area contributed by atoms with E-state index in [1.807, 2.05) is 44.2 Å². The van der Waals surface area contributed by atoms with Crippen LogP contribution in [-0.4, -0.2) is 53.8 Å². The number of H-pyrrole nitrogens is 1. The molecule has 170 valence electrons. The van der Waals surface area contributed by atoms with E-state index < -0.39 is 0 Å². The first-order valence-corrected chi connectivity index (χ1v) is 11.3. The molecule has 0 saturated carbocycles. The van der Waals surface area contributed by atoms with E-state index in [0.717, 1.165) is 66.8 Å². The lowest BCUT2D eigenvalue weighted by Gasteiger charge is -2.29. The molecule has 6 heteroatoms.